The van der Waals surface area contributed by atoms with Crippen LogP contribution in [0.2, 0.25) is 0 Å². The molecule has 1 unspecified atom stereocenters. The van der Waals surface area contributed by atoms with E-state index in [-0.39, 0.29) is 28.0 Å². The Bertz CT molecular complexity index is 1870. The molecule has 6 rings (SSSR count). The van der Waals surface area contributed by atoms with Gasteiger partial charge in [-0.15, -0.1) is 0 Å². The Hall–Kier alpha value is -5.03. The molecule has 41 heavy (non-hydrogen) atoms. The number of furan rings is 1. The number of Topliss-reactive ketones (excluding diaryl/α,β-unsaturated/α-hetero) is 1. The van der Waals surface area contributed by atoms with Gasteiger partial charge < -0.3 is 28.8 Å². The molecule has 3 aromatic carbocycles. The summed E-state index contributed by atoms with van der Waals surface area (Å²) >= 11 is 1.21. The second-order valence-electron chi connectivity index (χ2n) is 9.15. The number of methoxy groups -OCH3 is 2. The van der Waals surface area contributed by atoms with Gasteiger partial charge in [0.1, 0.15) is 5.75 Å². The smallest absolute Gasteiger partial charge is 0.296 e. The highest BCUT2D eigenvalue weighted by Crippen LogP contribution is 2.46. The first kappa shape index (κ1) is 26.2. The predicted octanol–water partition coefficient (Wildman–Crippen LogP) is 5.95. The summed E-state index contributed by atoms with van der Waals surface area (Å²) in [6.45, 7) is 2.37. The van der Waals surface area contributed by atoms with E-state index in [0.29, 0.717) is 40.2 Å². The van der Waals surface area contributed by atoms with Crippen molar-refractivity contribution in [3.8, 4) is 23.0 Å². The number of ketones is 1. The summed E-state index contributed by atoms with van der Waals surface area (Å²) in [5, 5.41) is 22.3. The molecule has 0 bridgehead atoms. The minimum atomic E-state index is -1.11. The van der Waals surface area contributed by atoms with E-state index < -0.39 is 23.5 Å². The summed E-state index contributed by atoms with van der Waals surface area (Å²) in [6.07, 6.45) is 0. The van der Waals surface area contributed by atoms with Crippen molar-refractivity contribution in [3.63, 3.8) is 0 Å². The molecule has 0 saturated carbocycles. The van der Waals surface area contributed by atoms with Gasteiger partial charge in [0.05, 0.1) is 42.7 Å². The van der Waals surface area contributed by atoms with Gasteiger partial charge in [0.2, 0.25) is 5.78 Å². The molecule has 0 spiro atoms. The second-order valence-corrected chi connectivity index (χ2v) is 10.2. The molecule has 2 aromatic heterocycles. The van der Waals surface area contributed by atoms with E-state index in [4.69, 9.17) is 18.6 Å². The summed E-state index contributed by atoms with van der Waals surface area (Å²) in [5.74, 6) is -1.20. The first-order valence-electron chi connectivity index (χ1n) is 12.6. The number of carbonyl (C=O) groups is 2. The normalized spacial score (nSPS) is 15.2. The maximum absolute atomic E-state index is 14.0. The van der Waals surface area contributed by atoms with Crippen LogP contribution in [0.4, 0.5) is 5.13 Å². The van der Waals surface area contributed by atoms with Gasteiger partial charge in [0, 0.05) is 5.39 Å². The number of aliphatic hydroxyl groups excluding tert-OH is 1. The van der Waals surface area contributed by atoms with E-state index in [1.54, 1.807) is 36.4 Å². The maximum Gasteiger partial charge on any atom is 0.296 e. The van der Waals surface area contributed by atoms with Crippen LogP contribution in [0.25, 0.3) is 21.2 Å². The van der Waals surface area contributed by atoms with Crippen molar-refractivity contribution >= 4 is 49.3 Å². The minimum Gasteiger partial charge on any atom is -0.504 e. The molecule has 3 heterocycles. The summed E-state index contributed by atoms with van der Waals surface area (Å²) in [6, 6.07) is 15.5. The van der Waals surface area contributed by atoms with Gasteiger partial charge in [-0.25, -0.2) is 4.98 Å². The quantitative estimate of drug-likeness (QED) is 0.217. The summed E-state index contributed by atoms with van der Waals surface area (Å²) in [5.41, 5.74) is 1.18. The Morgan fingerprint density at radius 3 is 2.61 bits per heavy atom. The standard InChI is InChI=1S/C30H24N2O8S/c1-4-39-17-9-10-18-23(14-17)41-30(31-18)32-25(15-8-11-19(33)21(12-15)38-3)24(27(35)29(32)36)26(34)22-13-16-6-5-7-20(37-2)28(16)40-22/h5-14,25,33,35H,4H2,1-3H3. The number of phenolic OH excluding ortho intramolecular Hbond substituents is 1. The fraction of sp³-hybridized carbons (Fsp3) is 0.167. The third kappa shape index (κ3) is 4.30. The van der Waals surface area contributed by atoms with Gasteiger partial charge in [-0.05, 0) is 55.0 Å². The number of aromatic hydroxyl groups is 1. The van der Waals surface area contributed by atoms with Gasteiger partial charge in [0.25, 0.3) is 5.91 Å². The number of benzene rings is 3. The molecule has 11 heteroatoms. The second kappa shape index (κ2) is 10.2. The van der Waals surface area contributed by atoms with Gasteiger partial charge in [-0.2, -0.15) is 0 Å². The number of rotatable bonds is 8. The van der Waals surface area contributed by atoms with Crippen LogP contribution < -0.4 is 19.1 Å². The molecule has 5 aromatic rings. The maximum atomic E-state index is 14.0. The molecule has 1 amide bonds. The van der Waals surface area contributed by atoms with Gasteiger partial charge in [0.15, 0.2) is 39.5 Å². The fourth-order valence-corrected chi connectivity index (χ4v) is 5.93. The van der Waals surface area contributed by atoms with Gasteiger partial charge in [-0.1, -0.05) is 29.5 Å². The lowest BCUT2D eigenvalue weighted by Crippen LogP contribution is -2.31. The molecule has 208 valence electrons. The first-order chi connectivity index (χ1) is 19.8. The molecule has 1 atom stereocenters. The third-order valence-corrected chi connectivity index (χ3v) is 7.81. The van der Waals surface area contributed by atoms with Crippen LogP contribution in [0, 0.1) is 0 Å². The number of aliphatic hydroxyl groups is 1. The van der Waals surface area contributed by atoms with Gasteiger partial charge >= 0.3 is 0 Å². The number of carbonyl (C=O) groups excluding carboxylic acids is 2. The number of amides is 1. The number of fused-ring (bicyclic) bond motifs is 2. The van der Waals surface area contributed by atoms with E-state index in [9.17, 15) is 19.8 Å². The van der Waals surface area contributed by atoms with Crippen LogP contribution in [0.1, 0.15) is 29.1 Å². The van der Waals surface area contributed by atoms with Crippen molar-refractivity contribution in [3.05, 3.63) is 83.3 Å². The van der Waals surface area contributed by atoms with Crippen LogP contribution in [-0.4, -0.2) is 47.7 Å². The Labute approximate surface area is 237 Å². The summed E-state index contributed by atoms with van der Waals surface area (Å²) in [4.78, 5) is 33.6. The van der Waals surface area contributed by atoms with E-state index in [2.05, 4.69) is 4.98 Å². The number of nitrogens with zero attached hydrogens (tertiary/aromatic N) is 2. The molecule has 0 saturated heterocycles. The van der Waals surface area contributed by atoms with Crippen molar-refractivity contribution in [2.75, 3.05) is 25.7 Å². The van der Waals surface area contributed by atoms with Crippen molar-refractivity contribution in [1.82, 2.24) is 4.98 Å². The zero-order valence-electron chi connectivity index (χ0n) is 22.2. The Kier molecular flexibility index (Phi) is 6.50. The molecular formula is C30H24N2O8S. The number of thiazole rings is 1. The third-order valence-electron chi connectivity index (χ3n) is 6.79. The minimum absolute atomic E-state index is 0.0814. The topological polar surface area (TPSA) is 132 Å². The lowest BCUT2D eigenvalue weighted by Gasteiger charge is -2.24. The highest BCUT2D eigenvalue weighted by molar-refractivity contribution is 7.22. The molecular weight excluding hydrogens is 548 g/mol. The Balaban J connectivity index is 1.51. The van der Waals surface area contributed by atoms with Crippen LogP contribution in [-0.2, 0) is 4.79 Å². The fourth-order valence-electron chi connectivity index (χ4n) is 4.91. The number of aromatic nitrogens is 1. The molecule has 0 fully saturated rings. The van der Waals surface area contributed by atoms with Crippen LogP contribution in [0.5, 0.6) is 23.0 Å². The number of anilines is 1. The molecule has 2 N–H and O–H groups in total. The highest BCUT2D eigenvalue weighted by Gasteiger charge is 2.47. The van der Waals surface area contributed by atoms with E-state index in [0.717, 1.165) is 4.70 Å². The Morgan fingerprint density at radius 1 is 1.05 bits per heavy atom. The molecule has 10 nitrogen and oxygen atoms in total. The zero-order valence-corrected chi connectivity index (χ0v) is 23.0. The number of para-hydroxylation sites is 1. The molecule has 0 radical (unpaired) electrons. The van der Waals surface area contributed by atoms with Crippen LogP contribution in [0.3, 0.4) is 0 Å². The van der Waals surface area contributed by atoms with Crippen LogP contribution in [0.15, 0.2) is 76.4 Å². The first-order valence-corrected chi connectivity index (χ1v) is 13.4. The average Bonchev–Trinajstić information content (AvgIpc) is 3.67. The SMILES string of the molecule is CCOc1ccc2nc(N3C(=O)C(O)=C(C(=O)c4cc5cccc(OC)c5o4)C3c3ccc(O)c(OC)c3)sc2c1. The van der Waals surface area contributed by atoms with E-state index in [1.807, 2.05) is 13.0 Å². The Morgan fingerprint density at radius 2 is 1.85 bits per heavy atom. The molecule has 1 aliphatic rings. The van der Waals surface area contributed by atoms with Crippen LogP contribution >= 0.6 is 11.3 Å². The largest absolute Gasteiger partial charge is 0.504 e. The van der Waals surface area contributed by atoms with Crippen molar-refractivity contribution in [2.45, 2.75) is 13.0 Å². The number of hydrogen-bond donors (Lipinski definition) is 2. The predicted molar refractivity (Wildman–Crippen MR) is 152 cm³/mol. The van der Waals surface area contributed by atoms with E-state index >= 15 is 0 Å². The van der Waals surface area contributed by atoms with Gasteiger partial charge in [-0.3, -0.25) is 14.5 Å². The number of hydrogen-bond acceptors (Lipinski definition) is 10. The highest BCUT2D eigenvalue weighted by atomic mass is 32.1. The average molecular weight is 573 g/mol. The molecule has 0 aliphatic carbocycles. The van der Waals surface area contributed by atoms with Crippen molar-refractivity contribution in [2.24, 2.45) is 0 Å². The molecule has 1 aliphatic heterocycles. The number of phenols is 1. The summed E-state index contributed by atoms with van der Waals surface area (Å²) in [7, 11) is 2.88. The van der Waals surface area contributed by atoms with Crippen molar-refractivity contribution < 1.29 is 38.4 Å². The van der Waals surface area contributed by atoms with E-state index in [1.165, 1.54) is 48.7 Å². The monoisotopic (exact) mass is 572 g/mol. The lowest BCUT2D eigenvalue weighted by atomic mass is 9.95. The number of ether oxygens (including phenoxy) is 3. The lowest BCUT2D eigenvalue weighted by molar-refractivity contribution is -0.117. The summed E-state index contributed by atoms with van der Waals surface area (Å²) < 4.78 is 22.9. The zero-order chi connectivity index (χ0) is 28.8. The van der Waals surface area contributed by atoms with Crippen molar-refractivity contribution in [1.29, 1.82) is 0 Å².